The molecular weight excluding hydrogens is 967 g/mol. The summed E-state index contributed by atoms with van der Waals surface area (Å²) in [6.45, 7) is -8.14. The number of hydrogen-bond donors (Lipinski definition) is 8. The maximum Gasteiger partial charge on any atom is 1.00 e. The van der Waals surface area contributed by atoms with Crippen LogP contribution in [0.15, 0.2) is 54.7 Å². The van der Waals surface area contributed by atoms with E-state index in [0.29, 0.717) is 59.4 Å². The molecule has 20 nitrogen and oxygen atoms in total. The third-order valence-electron chi connectivity index (χ3n) is 10.1. The van der Waals surface area contributed by atoms with Crippen molar-refractivity contribution >= 4 is 44.9 Å². The van der Waals surface area contributed by atoms with Crippen LogP contribution in [0, 0.1) is 13.8 Å². The fourth-order valence-electron chi connectivity index (χ4n) is 7.02. The van der Waals surface area contributed by atoms with E-state index in [1.807, 2.05) is 6.07 Å². The summed E-state index contributed by atoms with van der Waals surface area (Å²) in [6.07, 6.45) is 3.85. The van der Waals surface area contributed by atoms with Gasteiger partial charge in [-0.05, 0) is 85.5 Å². The van der Waals surface area contributed by atoms with E-state index in [0.717, 1.165) is 5.56 Å². The molecule has 68 heavy (non-hydrogen) atoms. The molecule has 0 saturated carbocycles. The standard InChI is InChI=1S/C10H12BO6.C10H12BO5.C9H10BO5.C8H11BNO3.7Na/c1-16-7-3-2-6-4-5-11(14,15)17-9(6)8(7)10(12)13;1-6-2-3-7-4-5-11(14,15)16-9(7)8(6)10(12)13;11-9(12)7-3-1-2-6-4-5-10(13,14)15-8(6)7;1-6-8-7(3-5-10-6)2-4-9(11,12)13-8;;;;;;;/h2-3,14-15H,4-5H2,1H3,(H,12,13);2-3,14-15H,4-5H2,1H3,(H,12,13);1-3,13-14H,4-5H2,(H,11,12);3,5,11-12H,2,4H2,1H3;;;;;;;/q4*-1;7*+1/p-3. The Morgan fingerprint density at radius 1 is 0.515 bits per heavy atom. The molecule has 0 radical (unpaired) electrons. The number of aryl methyl sites for hydroxylation is 6. The van der Waals surface area contributed by atoms with Crippen molar-refractivity contribution in [2.24, 2.45) is 0 Å². The normalized spacial score (nSPS) is 15.9. The number of carboxylic acids is 3. The second kappa shape index (κ2) is 31.3. The van der Waals surface area contributed by atoms with Gasteiger partial charge in [-0.1, -0.05) is 55.6 Å². The first-order valence-corrected chi connectivity index (χ1v) is 19.1. The van der Waals surface area contributed by atoms with Gasteiger partial charge >= 0.3 is 234 Å². The zero-order valence-electron chi connectivity index (χ0n) is 40.2. The number of methoxy groups -OCH3 is 1. The van der Waals surface area contributed by atoms with Crippen LogP contribution in [0.5, 0.6) is 28.7 Å². The van der Waals surface area contributed by atoms with Crippen LogP contribution >= 0.6 is 0 Å². The van der Waals surface area contributed by atoms with Gasteiger partial charge < -0.3 is 93.2 Å². The van der Waals surface area contributed by atoms with E-state index in [-0.39, 0.29) is 272 Å². The second-order valence-corrected chi connectivity index (χ2v) is 15.0. The quantitative estimate of drug-likeness (QED) is 0.0880. The summed E-state index contributed by atoms with van der Waals surface area (Å²) >= 11 is 0. The van der Waals surface area contributed by atoms with Gasteiger partial charge in [0.1, 0.15) is 5.75 Å². The van der Waals surface area contributed by atoms with Gasteiger partial charge in [0.2, 0.25) is 0 Å². The molecule has 3 aromatic carbocycles. The molecule has 0 amide bonds. The molecule has 0 bridgehead atoms. The van der Waals surface area contributed by atoms with Gasteiger partial charge in [0.05, 0.1) is 59.3 Å². The number of aromatic nitrogens is 1. The summed E-state index contributed by atoms with van der Waals surface area (Å²) in [5, 5.41) is 108. The Morgan fingerprint density at radius 2 is 0.897 bits per heavy atom. The molecule has 1 aromatic heterocycles. The number of pyridine rings is 1. The molecule has 4 aliphatic rings. The van der Waals surface area contributed by atoms with Crippen LogP contribution in [0.3, 0.4) is 0 Å². The minimum absolute atomic E-state index is 0. The van der Waals surface area contributed by atoms with E-state index in [4.69, 9.17) is 23.4 Å². The minimum Gasteiger partial charge on any atom is -0.669 e. The molecule has 328 valence electrons. The van der Waals surface area contributed by atoms with Crippen LogP contribution < -0.4 is 246 Å². The van der Waals surface area contributed by atoms with Crippen LogP contribution in [0.2, 0.25) is 25.3 Å². The smallest absolute Gasteiger partial charge is 0.669 e. The van der Waals surface area contributed by atoms with E-state index in [2.05, 4.69) is 4.98 Å². The fourth-order valence-corrected chi connectivity index (χ4v) is 7.02. The molecule has 0 aliphatic carbocycles. The topological polar surface area (TPSA) is 341 Å². The molecule has 0 fully saturated rings. The van der Waals surface area contributed by atoms with Crippen molar-refractivity contribution in [1.29, 1.82) is 0 Å². The molecule has 0 atom stereocenters. The number of benzene rings is 3. The van der Waals surface area contributed by atoms with Crippen LogP contribution in [0.25, 0.3) is 0 Å². The molecule has 0 spiro atoms. The van der Waals surface area contributed by atoms with E-state index in [1.54, 1.807) is 50.4 Å². The summed E-state index contributed by atoms with van der Waals surface area (Å²) < 4.78 is 24.7. The number of hydrogen-bond acceptors (Lipinski definition) is 20. The Bertz CT molecular complexity index is 2350. The predicted molar refractivity (Wildman–Crippen MR) is 210 cm³/mol. The number of rotatable bonds is 4. The Morgan fingerprint density at radius 3 is 1.32 bits per heavy atom. The van der Waals surface area contributed by atoms with E-state index in [1.165, 1.54) is 19.2 Å². The predicted octanol–water partition coefficient (Wildman–Crippen LogP) is -23.7. The first kappa shape index (κ1) is 73.4. The minimum atomic E-state index is -3.01. The first-order chi connectivity index (χ1) is 28.4. The summed E-state index contributed by atoms with van der Waals surface area (Å²) in [7, 11) is 1.31. The number of fused-ring (bicyclic) bond motifs is 4. The Hall–Kier alpha value is 1.16. The molecule has 8 rings (SSSR count). The SMILES string of the molecule is COc1ccc2c(c1C(=O)[O-])O[B-](O)(O)CC2.Cc1ccc2c(c1C(=O)[O-])O[B-](O)(O)CC2.Cc1nccc2c1O[B-](O)(O)CC2.O=C([O-])c1cccc2c1O[B-](O)(O)CC2.[Na+].[Na+].[Na+].[Na+].[Na+].[Na+].[Na+]. The molecule has 8 N–H and O–H groups in total. The van der Waals surface area contributed by atoms with Gasteiger partial charge in [0.25, 0.3) is 0 Å². The molecule has 5 heterocycles. The second-order valence-electron chi connectivity index (χ2n) is 15.0. The van der Waals surface area contributed by atoms with Crippen LogP contribution in [-0.2, 0) is 25.7 Å². The van der Waals surface area contributed by atoms with Crippen LogP contribution in [0.4, 0.5) is 0 Å². The zero-order valence-corrected chi connectivity index (χ0v) is 54.2. The Balaban J connectivity index is -0.000000804. The van der Waals surface area contributed by atoms with Gasteiger partial charge in [-0.15, -0.1) is 0 Å². The van der Waals surface area contributed by atoms with Crippen molar-refractivity contribution < 1.29 is 300 Å². The monoisotopic (exact) mass is 1010 g/mol. The molecular formula is C37H42B4NNa7O19. The van der Waals surface area contributed by atoms with E-state index < -0.39 is 44.9 Å². The van der Waals surface area contributed by atoms with E-state index in [9.17, 15) is 69.9 Å². The van der Waals surface area contributed by atoms with Crippen LogP contribution in [0.1, 0.15) is 64.6 Å². The van der Waals surface area contributed by atoms with Gasteiger partial charge in [-0.25, -0.2) is 0 Å². The summed E-state index contributed by atoms with van der Waals surface area (Å²) in [5.74, 6) is -3.70. The number of para-hydroxylation sites is 1. The molecule has 4 aromatic rings. The van der Waals surface area contributed by atoms with Crippen molar-refractivity contribution in [2.75, 3.05) is 7.11 Å². The maximum atomic E-state index is 11.0. The van der Waals surface area contributed by atoms with Gasteiger partial charge in [0, 0.05) is 17.3 Å². The van der Waals surface area contributed by atoms with Crippen molar-refractivity contribution in [3.8, 4) is 28.7 Å². The van der Waals surface area contributed by atoms with Crippen molar-refractivity contribution in [3.05, 3.63) is 105 Å². The number of ether oxygens (including phenoxy) is 1. The van der Waals surface area contributed by atoms with Crippen molar-refractivity contribution in [1.82, 2.24) is 4.98 Å². The zero-order chi connectivity index (χ0) is 45.1. The van der Waals surface area contributed by atoms with Crippen LogP contribution in [-0.4, -0.2) is 97.2 Å². The largest absolute Gasteiger partial charge is 1.00 e. The average molecular weight is 1010 g/mol. The number of carbonyl (C=O) groups excluding carboxylic acids is 3. The fraction of sp³-hybridized carbons (Fsp3) is 0.297. The van der Waals surface area contributed by atoms with Gasteiger partial charge in [-0.2, -0.15) is 0 Å². The third kappa shape index (κ3) is 20.0. The number of aromatic carboxylic acids is 3. The number of carbonyl (C=O) groups is 3. The maximum absolute atomic E-state index is 11.0. The third-order valence-corrected chi connectivity index (χ3v) is 10.1. The van der Waals surface area contributed by atoms with Crippen molar-refractivity contribution in [3.63, 3.8) is 0 Å². The molecule has 0 unspecified atom stereocenters. The molecule has 0 saturated heterocycles. The Kier molecular flexibility index (Phi) is 33.8. The molecule has 31 heteroatoms. The summed E-state index contributed by atoms with van der Waals surface area (Å²) in [6, 6.07) is 12.9. The first-order valence-electron chi connectivity index (χ1n) is 19.1. The van der Waals surface area contributed by atoms with E-state index >= 15 is 0 Å². The van der Waals surface area contributed by atoms with Crippen molar-refractivity contribution in [2.45, 2.75) is 64.8 Å². The number of carboxylic acid groups (broad SMARTS) is 3. The molecule has 4 aliphatic heterocycles. The Labute approximate surface area is 547 Å². The number of nitrogens with zero attached hydrogens (tertiary/aromatic N) is 1. The average Bonchev–Trinajstić information content (AvgIpc) is 3.16. The summed E-state index contributed by atoms with van der Waals surface area (Å²) in [4.78, 5) is 36.8. The summed E-state index contributed by atoms with van der Waals surface area (Å²) in [5.41, 5.74) is 3.52. The van der Waals surface area contributed by atoms with Gasteiger partial charge in [0.15, 0.2) is 0 Å². The van der Waals surface area contributed by atoms with Gasteiger partial charge in [-0.3, -0.25) is 4.98 Å².